The summed E-state index contributed by atoms with van der Waals surface area (Å²) < 4.78 is 13.7. The molecule has 2 rings (SSSR count). The molecule has 0 aromatic heterocycles. The van der Waals surface area contributed by atoms with E-state index in [0.29, 0.717) is 18.5 Å². The van der Waals surface area contributed by atoms with Gasteiger partial charge < -0.3 is 15.3 Å². The minimum atomic E-state index is -1.02. The molecule has 1 aliphatic heterocycles. The number of para-hydroxylation sites is 1. The fourth-order valence-corrected chi connectivity index (χ4v) is 2.40. The quantitative estimate of drug-likeness (QED) is 0.874. The number of likely N-dealkylation sites (tertiary alicyclic amines) is 1. The van der Waals surface area contributed by atoms with Crippen molar-refractivity contribution in [3.63, 3.8) is 0 Å². The lowest BCUT2D eigenvalue weighted by atomic mass is 10.0. The Morgan fingerprint density at radius 2 is 2.15 bits per heavy atom. The van der Waals surface area contributed by atoms with Crippen molar-refractivity contribution in [3.8, 4) is 0 Å². The molecule has 0 aliphatic carbocycles. The predicted octanol–water partition coefficient (Wildman–Crippen LogP) is 2.61. The van der Waals surface area contributed by atoms with Gasteiger partial charge >= 0.3 is 12.0 Å². The molecule has 20 heavy (non-hydrogen) atoms. The summed E-state index contributed by atoms with van der Waals surface area (Å²) in [5, 5.41) is 11.6. The number of benzene rings is 1. The third kappa shape index (κ3) is 2.89. The fourth-order valence-electron chi connectivity index (χ4n) is 2.40. The Bertz CT molecular complexity index is 513. The zero-order valence-corrected chi connectivity index (χ0v) is 11.2. The molecule has 108 valence electrons. The van der Waals surface area contributed by atoms with Gasteiger partial charge in [0.05, 0.1) is 5.69 Å². The van der Waals surface area contributed by atoms with Crippen molar-refractivity contribution in [2.24, 2.45) is 0 Å². The minimum Gasteiger partial charge on any atom is -0.480 e. The van der Waals surface area contributed by atoms with E-state index in [2.05, 4.69) is 5.32 Å². The number of anilines is 1. The maximum Gasteiger partial charge on any atom is 0.326 e. The maximum atomic E-state index is 13.7. The number of hydrogen-bond donors (Lipinski definition) is 2. The van der Waals surface area contributed by atoms with Crippen LogP contribution in [0.2, 0.25) is 0 Å². The first kappa shape index (κ1) is 14.3. The summed E-state index contributed by atoms with van der Waals surface area (Å²) in [6.45, 7) is 2.06. The number of aryl methyl sites for hydroxylation is 1. The number of nitrogens with zero attached hydrogens (tertiary/aromatic N) is 1. The van der Waals surface area contributed by atoms with Crippen LogP contribution in [0.1, 0.15) is 24.8 Å². The van der Waals surface area contributed by atoms with E-state index in [0.717, 1.165) is 12.8 Å². The second-order valence-corrected chi connectivity index (χ2v) is 4.91. The van der Waals surface area contributed by atoms with Crippen LogP contribution in [0.4, 0.5) is 14.9 Å². The number of nitrogens with one attached hydrogen (secondary N) is 1. The molecule has 0 bridgehead atoms. The molecule has 1 fully saturated rings. The van der Waals surface area contributed by atoms with Crippen LogP contribution in [-0.4, -0.2) is 34.6 Å². The van der Waals surface area contributed by atoms with Crippen molar-refractivity contribution in [3.05, 3.63) is 29.6 Å². The minimum absolute atomic E-state index is 0.104. The van der Waals surface area contributed by atoms with Gasteiger partial charge in [0.2, 0.25) is 0 Å². The second-order valence-electron chi connectivity index (χ2n) is 4.91. The zero-order valence-electron chi connectivity index (χ0n) is 11.2. The molecular formula is C14H17FN2O3. The third-order valence-electron chi connectivity index (χ3n) is 3.50. The molecule has 1 aromatic carbocycles. The van der Waals surface area contributed by atoms with Crippen LogP contribution in [0.3, 0.4) is 0 Å². The molecule has 1 aromatic rings. The number of urea groups is 1. The number of carbonyl (C=O) groups excluding carboxylic acids is 1. The van der Waals surface area contributed by atoms with Gasteiger partial charge in [-0.25, -0.2) is 14.0 Å². The van der Waals surface area contributed by atoms with E-state index >= 15 is 0 Å². The summed E-state index contributed by atoms with van der Waals surface area (Å²) in [6.07, 6.45) is 1.96. The van der Waals surface area contributed by atoms with Crippen molar-refractivity contribution >= 4 is 17.7 Å². The highest BCUT2D eigenvalue weighted by molar-refractivity contribution is 5.93. The number of aliphatic carboxylic acids is 1. The Kier molecular flexibility index (Phi) is 4.22. The highest BCUT2D eigenvalue weighted by atomic mass is 19.1. The maximum absolute atomic E-state index is 13.7. The summed E-state index contributed by atoms with van der Waals surface area (Å²) in [5.41, 5.74) is 0.703. The van der Waals surface area contributed by atoms with Crippen LogP contribution < -0.4 is 5.32 Å². The SMILES string of the molecule is Cc1cccc(F)c1NC(=O)N1CCCCC1C(=O)O. The first-order valence-corrected chi connectivity index (χ1v) is 6.56. The smallest absolute Gasteiger partial charge is 0.326 e. The zero-order chi connectivity index (χ0) is 14.7. The van der Waals surface area contributed by atoms with Gasteiger partial charge in [-0.05, 0) is 37.8 Å². The number of carbonyl (C=O) groups is 2. The fraction of sp³-hybridized carbons (Fsp3) is 0.429. The number of piperidine rings is 1. The third-order valence-corrected chi connectivity index (χ3v) is 3.50. The summed E-state index contributed by atoms with van der Waals surface area (Å²) in [5.74, 6) is -1.55. The monoisotopic (exact) mass is 280 g/mol. The summed E-state index contributed by atoms with van der Waals surface area (Å²) in [6, 6.07) is 3.10. The van der Waals surface area contributed by atoms with E-state index in [1.165, 1.54) is 11.0 Å². The molecule has 2 N–H and O–H groups in total. The molecular weight excluding hydrogens is 263 g/mol. The first-order chi connectivity index (χ1) is 9.50. The van der Waals surface area contributed by atoms with Crippen LogP contribution in [0.15, 0.2) is 18.2 Å². The van der Waals surface area contributed by atoms with Gasteiger partial charge in [0.25, 0.3) is 0 Å². The van der Waals surface area contributed by atoms with E-state index in [1.807, 2.05) is 0 Å². The lowest BCUT2D eigenvalue weighted by Gasteiger charge is -2.33. The van der Waals surface area contributed by atoms with Crippen molar-refractivity contribution < 1.29 is 19.1 Å². The number of amides is 2. The van der Waals surface area contributed by atoms with Crippen molar-refractivity contribution in [1.29, 1.82) is 0 Å². The van der Waals surface area contributed by atoms with Gasteiger partial charge in [0, 0.05) is 6.54 Å². The average molecular weight is 280 g/mol. The Labute approximate surface area is 116 Å². The van der Waals surface area contributed by atoms with Crippen molar-refractivity contribution in [2.75, 3.05) is 11.9 Å². The molecule has 1 unspecified atom stereocenters. The largest absolute Gasteiger partial charge is 0.480 e. The molecule has 1 heterocycles. The highest BCUT2D eigenvalue weighted by Gasteiger charge is 2.32. The van der Waals surface area contributed by atoms with Crippen LogP contribution >= 0.6 is 0 Å². The van der Waals surface area contributed by atoms with Crippen LogP contribution in [0.25, 0.3) is 0 Å². The molecule has 0 saturated carbocycles. The van der Waals surface area contributed by atoms with E-state index in [-0.39, 0.29) is 5.69 Å². The van der Waals surface area contributed by atoms with Gasteiger partial charge in [0.1, 0.15) is 11.9 Å². The van der Waals surface area contributed by atoms with Crippen LogP contribution in [0.5, 0.6) is 0 Å². The van der Waals surface area contributed by atoms with Crippen LogP contribution in [0, 0.1) is 12.7 Å². The number of carboxylic acid groups (broad SMARTS) is 1. The van der Waals surface area contributed by atoms with E-state index in [4.69, 9.17) is 5.11 Å². The molecule has 1 aliphatic rings. The summed E-state index contributed by atoms with van der Waals surface area (Å²) >= 11 is 0. The number of hydrogen-bond acceptors (Lipinski definition) is 2. The normalized spacial score (nSPS) is 18.7. The van der Waals surface area contributed by atoms with Gasteiger partial charge in [0.15, 0.2) is 0 Å². The molecule has 1 atom stereocenters. The van der Waals surface area contributed by atoms with Crippen molar-refractivity contribution in [2.45, 2.75) is 32.2 Å². The van der Waals surface area contributed by atoms with E-state index in [9.17, 15) is 14.0 Å². The number of rotatable bonds is 2. The Hall–Kier alpha value is -2.11. The lowest BCUT2D eigenvalue weighted by molar-refractivity contribution is -0.143. The van der Waals surface area contributed by atoms with E-state index in [1.54, 1.807) is 19.1 Å². The average Bonchev–Trinajstić information content (AvgIpc) is 2.43. The second kappa shape index (κ2) is 5.90. The Morgan fingerprint density at radius 3 is 2.80 bits per heavy atom. The molecule has 0 radical (unpaired) electrons. The first-order valence-electron chi connectivity index (χ1n) is 6.56. The van der Waals surface area contributed by atoms with E-state index < -0.39 is 23.9 Å². The highest BCUT2D eigenvalue weighted by Crippen LogP contribution is 2.22. The lowest BCUT2D eigenvalue weighted by Crippen LogP contribution is -2.49. The molecule has 6 heteroatoms. The standard InChI is InChI=1S/C14H17FN2O3/c1-9-5-4-6-10(15)12(9)16-14(20)17-8-3-2-7-11(17)13(18)19/h4-6,11H,2-3,7-8H2,1H3,(H,16,20)(H,18,19). The van der Waals surface area contributed by atoms with Gasteiger partial charge in [-0.15, -0.1) is 0 Å². The van der Waals surface area contributed by atoms with Crippen molar-refractivity contribution in [1.82, 2.24) is 4.90 Å². The molecule has 0 spiro atoms. The molecule has 5 nitrogen and oxygen atoms in total. The Morgan fingerprint density at radius 1 is 1.40 bits per heavy atom. The summed E-state index contributed by atoms with van der Waals surface area (Å²) in [7, 11) is 0. The number of carboxylic acids is 1. The molecule has 1 saturated heterocycles. The van der Waals surface area contributed by atoms with Gasteiger partial charge in [-0.1, -0.05) is 12.1 Å². The predicted molar refractivity (Wildman–Crippen MR) is 72.1 cm³/mol. The van der Waals surface area contributed by atoms with Gasteiger partial charge in [-0.3, -0.25) is 0 Å². The molecule has 2 amide bonds. The number of halogens is 1. The summed E-state index contributed by atoms with van der Waals surface area (Å²) in [4.78, 5) is 24.6. The Balaban J connectivity index is 2.16. The topological polar surface area (TPSA) is 69.6 Å². The van der Waals surface area contributed by atoms with Gasteiger partial charge in [-0.2, -0.15) is 0 Å². The van der Waals surface area contributed by atoms with Crippen LogP contribution in [-0.2, 0) is 4.79 Å².